The number of esters is 1. The predicted molar refractivity (Wildman–Crippen MR) is 65.7 cm³/mol. The first kappa shape index (κ1) is 17.4. The first-order chi connectivity index (χ1) is 8.87. The van der Waals surface area contributed by atoms with Crippen LogP contribution in [0, 0.1) is 5.92 Å². The summed E-state index contributed by atoms with van der Waals surface area (Å²) >= 11 is 0. The van der Waals surface area contributed by atoms with Gasteiger partial charge in [-0.1, -0.05) is 0 Å². The average Bonchev–Trinajstić information content (AvgIpc) is 2.36. The zero-order chi connectivity index (χ0) is 15.1. The first-order valence-corrected chi connectivity index (χ1v) is 6.36. The van der Waals surface area contributed by atoms with Crippen molar-refractivity contribution in [3.05, 3.63) is 0 Å². The smallest absolute Gasteiger partial charge is 0.480 e. The molecule has 0 aliphatic carbocycles. The molecule has 1 N–H and O–H groups in total. The topological polar surface area (TPSA) is 92.7 Å². The third-order valence-electron chi connectivity index (χ3n) is 3.02. The molecule has 0 aromatic heterocycles. The number of hydroxylamine groups is 3. The van der Waals surface area contributed by atoms with E-state index in [1.54, 1.807) is 0 Å². The fourth-order valence-electron chi connectivity index (χ4n) is 1.63. The molecule has 7 heteroatoms. The molecular formula is C12H22NO6+2. The lowest BCUT2D eigenvalue weighted by Gasteiger charge is -2.31. The third-order valence-corrected chi connectivity index (χ3v) is 3.02. The summed E-state index contributed by atoms with van der Waals surface area (Å²) in [5, 5.41) is 8.95. The number of ether oxygens (including phenoxy) is 1. The number of hydrogen-bond acceptors (Lipinski definition) is 5. The molecule has 0 amide bonds. The Bertz CT molecular complexity index is 329. The van der Waals surface area contributed by atoms with E-state index in [1.165, 1.54) is 6.92 Å². The minimum Gasteiger partial charge on any atom is -0.480 e. The van der Waals surface area contributed by atoms with Crippen LogP contribution < -0.4 is 0 Å². The largest absolute Gasteiger partial charge is 0.600 e. The van der Waals surface area contributed by atoms with Gasteiger partial charge in [0.15, 0.2) is 6.61 Å². The second-order valence-electron chi connectivity index (χ2n) is 3.94. The van der Waals surface area contributed by atoms with Crippen LogP contribution in [0.3, 0.4) is 0 Å². The fraction of sp³-hybridized carbons (Fsp3) is 0.750. The van der Waals surface area contributed by atoms with E-state index in [2.05, 4.69) is 4.74 Å². The third kappa shape index (κ3) is 4.51. The second kappa shape index (κ2) is 7.73. The normalized spacial score (nSPS) is 12.6. The van der Waals surface area contributed by atoms with Gasteiger partial charge in [-0.05, 0) is 27.7 Å². The van der Waals surface area contributed by atoms with Crippen molar-refractivity contribution in [2.75, 3.05) is 26.2 Å². The van der Waals surface area contributed by atoms with Crippen LogP contribution in [0.1, 0.15) is 27.7 Å². The highest BCUT2D eigenvalue weighted by Gasteiger charge is 2.49. The van der Waals surface area contributed by atoms with Crippen molar-refractivity contribution in [3.8, 4) is 0 Å². The molecule has 0 saturated carbocycles. The van der Waals surface area contributed by atoms with Crippen molar-refractivity contribution < 1.29 is 33.7 Å². The molecular weight excluding hydrogens is 254 g/mol. The van der Waals surface area contributed by atoms with Crippen LogP contribution in [-0.4, -0.2) is 53.9 Å². The number of carboxylic acid groups (broad SMARTS) is 1. The zero-order valence-corrected chi connectivity index (χ0v) is 11.8. The summed E-state index contributed by atoms with van der Waals surface area (Å²) in [5.74, 6) is -5.68. The summed E-state index contributed by atoms with van der Waals surface area (Å²) < 4.78 is 4.55. The Morgan fingerprint density at radius 3 is 1.95 bits per heavy atom. The number of carbonyl (C=O) groups excluding carboxylic acids is 2. The van der Waals surface area contributed by atoms with Gasteiger partial charge < -0.3 is 9.84 Å². The Hall–Kier alpha value is -1.63. The quantitative estimate of drug-likeness (QED) is 0.229. The van der Waals surface area contributed by atoms with Crippen LogP contribution in [0.5, 0.6) is 0 Å². The maximum absolute atomic E-state index is 11.9. The highest BCUT2D eigenvalue weighted by atomic mass is 16.7. The minimum atomic E-state index is -1.93. The molecule has 0 aromatic carbocycles. The van der Waals surface area contributed by atoms with Gasteiger partial charge >= 0.3 is 23.8 Å². The van der Waals surface area contributed by atoms with Crippen LogP contribution in [-0.2, 0) is 24.0 Å². The Labute approximate surface area is 112 Å². The van der Waals surface area contributed by atoms with Crippen molar-refractivity contribution in [3.63, 3.8) is 0 Å². The van der Waals surface area contributed by atoms with E-state index in [9.17, 15) is 14.4 Å². The first-order valence-electron chi connectivity index (χ1n) is 6.36. The molecule has 0 aliphatic rings. The van der Waals surface area contributed by atoms with Crippen LogP contribution in [0.2, 0.25) is 0 Å². The van der Waals surface area contributed by atoms with E-state index in [4.69, 9.17) is 9.94 Å². The molecule has 1 atom stereocenters. The van der Waals surface area contributed by atoms with Gasteiger partial charge in [-0.15, -0.1) is 4.65 Å². The van der Waals surface area contributed by atoms with Gasteiger partial charge in [0.05, 0.1) is 0 Å². The maximum Gasteiger partial charge on any atom is 0.600 e. The van der Waals surface area contributed by atoms with Gasteiger partial charge in [-0.2, -0.15) is 0 Å². The molecule has 7 nitrogen and oxygen atoms in total. The van der Waals surface area contributed by atoms with E-state index < -0.39 is 23.8 Å². The molecule has 0 bridgehead atoms. The van der Waals surface area contributed by atoms with Gasteiger partial charge in [0.1, 0.15) is 19.6 Å². The number of quaternary nitrogens is 1. The van der Waals surface area contributed by atoms with Crippen molar-refractivity contribution >= 4 is 17.9 Å². The summed E-state index contributed by atoms with van der Waals surface area (Å²) in [7, 11) is 0. The van der Waals surface area contributed by atoms with Crippen molar-refractivity contribution in [1.82, 2.24) is 0 Å². The zero-order valence-electron chi connectivity index (χ0n) is 11.8. The van der Waals surface area contributed by atoms with E-state index in [1.807, 2.05) is 20.8 Å². The Morgan fingerprint density at radius 2 is 1.63 bits per heavy atom. The van der Waals surface area contributed by atoms with Crippen LogP contribution >= 0.6 is 0 Å². The van der Waals surface area contributed by atoms with E-state index in [0.717, 1.165) is 0 Å². The second-order valence-corrected chi connectivity index (χ2v) is 3.94. The molecule has 1 radical (unpaired) electrons. The van der Waals surface area contributed by atoms with Gasteiger partial charge in [0, 0.05) is 4.79 Å². The summed E-state index contributed by atoms with van der Waals surface area (Å²) in [5.41, 5.74) is 0. The molecule has 0 aromatic rings. The highest BCUT2D eigenvalue weighted by Crippen LogP contribution is 2.13. The Balaban J connectivity index is 5.02. The number of carboxylic acids is 1. The molecule has 0 spiro atoms. The SMILES string of the molecule is CCOC(=[O+])C(C(=O)O)C(=O)O[N+](CC)(CC)CC. The monoisotopic (exact) mass is 276 g/mol. The molecule has 0 heterocycles. The summed E-state index contributed by atoms with van der Waals surface area (Å²) in [6, 6.07) is 0. The fourth-order valence-corrected chi connectivity index (χ4v) is 1.63. The summed E-state index contributed by atoms with van der Waals surface area (Å²) in [6.07, 6.45) is 0. The lowest BCUT2D eigenvalue weighted by atomic mass is 10.1. The predicted octanol–water partition coefficient (Wildman–Crippen LogP) is 0.585. The molecule has 0 rings (SSSR count). The Morgan fingerprint density at radius 1 is 1.16 bits per heavy atom. The lowest BCUT2D eigenvalue weighted by molar-refractivity contribution is -1.09. The Kier molecular flexibility index (Phi) is 7.06. The number of carbonyl (C=O) groups is 3. The molecule has 0 saturated heterocycles. The van der Waals surface area contributed by atoms with Crippen LogP contribution in [0.15, 0.2) is 0 Å². The van der Waals surface area contributed by atoms with Gasteiger partial charge in [0.25, 0.3) is 0 Å². The summed E-state index contributed by atoms with van der Waals surface area (Å²) in [4.78, 5) is 39.5. The van der Waals surface area contributed by atoms with Crippen LogP contribution in [0.25, 0.3) is 0 Å². The number of nitrogens with zero attached hydrogens (tertiary/aromatic N) is 1. The number of hydrogen-bond donors (Lipinski definition) is 1. The molecule has 0 fully saturated rings. The number of rotatable bonds is 8. The molecule has 109 valence electrons. The maximum atomic E-state index is 11.9. The average molecular weight is 276 g/mol. The van der Waals surface area contributed by atoms with Crippen molar-refractivity contribution in [2.24, 2.45) is 5.92 Å². The lowest BCUT2D eigenvalue weighted by Crippen LogP contribution is -2.51. The van der Waals surface area contributed by atoms with Crippen molar-refractivity contribution in [1.29, 1.82) is 0 Å². The number of aliphatic carboxylic acids is 1. The van der Waals surface area contributed by atoms with E-state index in [-0.39, 0.29) is 11.3 Å². The van der Waals surface area contributed by atoms with Gasteiger partial charge in [-0.25, -0.2) is 4.79 Å². The van der Waals surface area contributed by atoms with Gasteiger partial charge in [0.2, 0.25) is 0 Å². The standard InChI is InChI=1S/C12H21NO6/c1-5-13(6-2,7-3)19-12(17)9(10(14)15)11(16)18-8-4/h9H,5-8H2,1-4H3/q+1/p+1. The van der Waals surface area contributed by atoms with Crippen LogP contribution in [0.4, 0.5) is 0 Å². The molecule has 19 heavy (non-hydrogen) atoms. The summed E-state index contributed by atoms with van der Waals surface area (Å²) in [6.45, 7) is 8.48. The molecule has 0 aliphatic heterocycles. The van der Waals surface area contributed by atoms with Gasteiger partial charge in [-0.3, -0.25) is 9.63 Å². The van der Waals surface area contributed by atoms with E-state index in [0.29, 0.717) is 19.6 Å². The van der Waals surface area contributed by atoms with E-state index >= 15 is 0 Å². The molecule has 1 unspecified atom stereocenters. The van der Waals surface area contributed by atoms with Crippen molar-refractivity contribution in [2.45, 2.75) is 27.7 Å². The minimum absolute atomic E-state index is 0.00519. The highest BCUT2D eigenvalue weighted by molar-refractivity contribution is 6.11.